The Morgan fingerprint density at radius 2 is 0.528 bits per heavy atom. The molecule has 25 nitrogen and oxygen atoms in total. The van der Waals surface area contributed by atoms with Crippen molar-refractivity contribution in [2.45, 2.75) is 113 Å². The lowest BCUT2D eigenvalue weighted by molar-refractivity contribution is -0.141. The first-order chi connectivity index (χ1) is 50.0. The van der Waals surface area contributed by atoms with Gasteiger partial charge in [0.2, 0.25) is 11.8 Å². The van der Waals surface area contributed by atoms with Gasteiger partial charge in [0.15, 0.2) is 0 Å². The molecule has 9 unspecified atom stereocenters. The van der Waals surface area contributed by atoms with Crippen LogP contribution in [0.2, 0.25) is 0 Å². The first-order valence-electron chi connectivity index (χ1n) is 32.6. The molecule has 5 aromatic rings. The second-order valence-electron chi connectivity index (χ2n) is 23.5. The molecule has 0 fully saturated rings. The second kappa shape index (κ2) is 55.7. The number of carboxylic acids is 4. The van der Waals surface area contributed by atoms with Crippen LogP contribution in [0.3, 0.4) is 0 Å². The summed E-state index contributed by atoms with van der Waals surface area (Å²) in [6.45, 7) is 18.9. The van der Waals surface area contributed by atoms with Gasteiger partial charge in [-0.3, -0.25) is 28.8 Å². The van der Waals surface area contributed by atoms with Gasteiger partial charge in [-0.1, -0.05) is 203 Å². The Kier molecular flexibility index (Phi) is 51.1. The largest absolute Gasteiger partial charge is 0.481 e. The van der Waals surface area contributed by atoms with E-state index in [0.717, 1.165) is 33.6 Å². The number of carboxylic acid groups (broad SMARTS) is 4. The Labute approximate surface area is 655 Å². The van der Waals surface area contributed by atoms with Gasteiger partial charge < -0.3 is 71.9 Å². The Bertz CT molecular complexity index is 3310. The fourth-order valence-corrected chi connectivity index (χ4v) is 17.0. The number of rotatable bonds is 39. The molecule has 9 atom stereocenters. The third-order valence-corrected chi connectivity index (χ3v) is 24.4. The summed E-state index contributed by atoms with van der Waals surface area (Å²) in [4.78, 5) is 125. The quantitative estimate of drug-likeness (QED) is 0.00763. The maximum Gasteiger partial charge on any atom is 0.334 e. The Morgan fingerprint density at radius 1 is 0.330 bits per heavy atom. The third-order valence-electron chi connectivity index (χ3n) is 13.3. The van der Waals surface area contributed by atoms with Crippen LogP contribution in [0.1, 0.15) is 75.8 Å². The lowest BCUT2D eigenvalue weighted by atomic mass is 10.2. The summed E-state index contributed by atoms with van der Waals surface area (Å²) in [7, 11) is 10.9. The number of carbonyl (C=O) groups excluding carboxylic acids is 7. The average molecular weight is 1640 g/mol. The van der Waals surface area contributed by atoms with Gasteiger partial charge in [-0.15, -0.1) is 0 Å². The highest BCUT2D eigenvalue weighted by atomic mass is 33.1. The SMILES string of the molecule is CC(=O)NC(CSSCC(C)C(=O)O)C(=O)Oc1ccc(C)cc1.CC(=O)NC(CSSCC(C)C(=O)O)C(=O)Oc1ccc(C)cc1.CSCCC(N)C(=O)Oc1ccc(C)cc1.Cc1ccc(OC(=O)C(N)CSSCC(C)C(=O)O)cc1.Cc1ccc(OC(=O)C(N)CSSCC(C)C(=O)O)cc1. The molecule has 0 bridgehead atoms. The van der Waals surface area contributed by atoms with Crippen molar-refractivity contribution in [1.29, 1.82) is 0 Å². The zero-order valence-electron chi connectivity index (χ0n) is 61.0. The zero-order chi connectivity index (χ0) is 79.8. The number of hydrogen-bond donors (Lipinski definition) is 9. The molecule has 106 heavy (non-hydrogen) atoms. The normalized spacial score (nSPS) is 13.0. The van der Waals surface area contributed by atoms with Crippen molar-refractivity contribution in [1.82, 2.24) is 10.6 Å². The number of nitrogens with one attached hydrogen (secondary N) is 2. The number of benzene rings is 5. The van der Waals surface area contributed by atoms with Crippen LogP contribution in [0.25, 0.3) is 0 Å². The van der Waals surface area contributed by atoms with E-state index in [1.54, 1.807) is 100 Å². The van der Waals surface area contributed by atoms with E-state index in [2.05, 4.69) is 10.6 Å². The van der Waals surface area contributed by atoms with Crippen LogP contribution in [0.5, 0.6) is 28.7 Å². The van der Waals surface area contributed by atoms with Crippen molar-refractivity contribution in [2.24, 2.45) is 40.9 Å². The van der Waals surface area contributed by atoms with Gasteiger partial charge in [0, 0.05) is 59.9 Å². The summed E-state index contributed by atoms with van der Waals surface area (Å²) in [6, 6.07) is 32.1. The molecular weight excluding hydrogens is 1540 g/mol. The monoisotopic (exact) mass is 1640 g/mol. The summed E-state index contributed by atoms with van der Waals surface area (Å²) >= 11 is 1.67. The van der Waals surface area contributed by atoms with E-state index in [-0.39, 0.29) is 17.8 Å². The molecule has 5 aromatic carbocycles. The summed E-state index contributed by atoms with van der Waals surface area (Å²) in [6.07, 6.45) is 2.63. The molecule has 0 aromatic heterocycles. The highest BCUT2D eigenvalue weighted by Crippen LogP contribution is 2.29. The number of nitrogens with two attached hydrogens (primary N) is 3. The first kappa shape index (κ1) is 97.3. The van der Waals surface area contributed by atoms with Gasteiger partial charge in [-0.2, -0.15) is 11.8 Å². The number of hydrogen-bond acceptors (Lipinski definition) is 28. The molecule has 5 rings (SSSR count). The summed E-state index contributed by atoms with van der Waals surface area (Å²) in [5, 5.41) is 40.3. The van der Waals surface area contributed by atoms with Crippen LogP contribution in [-0.4, -0.2) is 174 Å². The van der Waals surface area contributed by atoms with E-state index in [1.165, 1.54) is 100 Å². The van der Waals surface area contributed by atoms with Crippen LogP contribution in [0, 0.1) is 58.3 Å². The molecule has 34 heteroatoms. The van der Waals surface area contributed by atoms with Gasteiger partial charge in [-0.05, 0) is 114 Å². The average Bonchev–Trinajstić information content (AvgIpc) is 0.922. The van der Waals surface area contributed by atoms with Crippen molar-refractivity contribution >= 4 is 164 Å². The topological polar surface area (TPSA) is 417 Å². The predicted molar refractivity (Wildman–Crippen MR) is 433 cm³/mol. The lowest BCUT2D eigenvalue weighted by Gasteiger charge is -2.16. The summed E-state index contributed by atoms with van der Waals surface area (Å²) < 4.78 is 26.0. The van der Waals surface area contributed by atoms with E-state index in [0.29, 0.717) is 81.2 Å². The van der Waals surface area contributed by atoms with E-state index >= 15 is 0 Å². The van der Waals surface area contributed by atoms with Crippen LogP contribution < -0.4 is 51.5 Å². The molecule has 0 aliphatic carbocycles. The van der Waals surface area contributed by atoms with Crippen LogP contribution in [0.15, 0.2) is 121 Å². The van der Waals surface area contributed by atoms with Gasteiger partial charge in [0.1, 0.15) is 59.0 Å². The molecular formula is C72H97N5O20S9. The van der Waals surface area contributed by atoms with E-state index in [1.807, 2.05) is 102 Å². The Morgan fingerprint density at radius 3 is 0.736 bits per heavy atom. The van der Waals surface area contributed by atoms with Crippen LogP contribution in [-0.2, 0) is 52.7 Å². The molecule has 0 saturated carbocycles. The Hall–Kier alpha value is -6.70. The number of amides is 2. The fourth-order valence-electron chi connectivity index (χ4n) is 6.67. The standard InChI is InChI=1S/2C16H21NO5S2.2C14H19NO4S2.C12H17NO2S/c2*1-10-4-6-13(7-5-10)22-16(21)14(17-12(3)18)9-24-23-8-11(2)15(19)20;2*1-9-3-5-11(6-4-9)19-14(18)12(15)8-21-20-7-10(2)13(16)17;1-9-3-5-10(6-4-9)15-12(14)11(13)7-8-16-2/h2*4-7,11,14H,8-9H2,1-3H3,(H,17,18)(H,19,20);2*3-6,10,12H,7-8,15H2,1-2H3,(H,16,17);3-6,11H,7-8,13H2,1-2H3. The predicted octanol–water partition coefficient (Wildman–Crippen LogP) is 11.7. The fraction of sp³-hybridized carbons (Fsp3) is 0.431. The van der Waals surface area contributed by atoms with Gasteiger partial charge >= 0.3 is 53.7 Å². The number of ether oxygens (including phenoxy) is 5. The molecule has 0 spiro atoms. The maximum absolute atomic E-state index is 12.2. The first-order valence-corrected chi connectivity index (χ1v) is 44.0. The molecule has 2 amide bonds. The van der Waals surface area contributed by atoms with Crippen LogP contribution in [0.4, 0.5) is 0 Å². The lowest BCUT2D eigenvalue weighted by Crippen LogP contribution is -2.43. The van der Waals surface area contributed by atoms with E-state index in [9.17, 15) is 52.7 Å². The third kappa shape index (κ3) is 46.5. The molecule has 584 valence electrons. The maximum atomic E-state index is 12.2. The number of esters is 5. The van der Waals surface area contributed by atoms with Crippen molar-refractivity contribution in [3.63, 3.8) is 0 Å². The molecule has 0 heterocycles. The smallest absolute Gasteiger partial charge is 0.334 e. The van der Waals surface area contributed by atoms with E-state index in [4.69, 9.17) is 61.3 Å². The molecule has 0 radical (unpaired) electrons. The van der Waals surface area contributed by atoms with Crippen molar-refractivity contribution in [3.8, 4) is 28.7 Å². The number of thioether (sulfide) groups is 1. The minimum absolute atomic E-state index is 0.293. The van der Waals surface area contributed by atoms with Crippen molar-refractivity contribution in [2.75, 3.05) is 58.0 Å². The van der Waals surface area contributed by atoms with Crippen molar-refractivity contribution in [3.05, 3.63) is 149 Å². The molecule has 0 aliphatic heterocycles. The van der Waals surface area contributed by atoms with Gasteiger partial charge in [0.25, 0.3) is 0 Å². The van der Waals surface area contributed by atoms with Gasteiger partial charge in [-0.25, -0.2) is 24.0 Å². The summed E-state index contributed by atoms with van der Waals surface area (Å²) in [5.41, 5.74) is 22.6. The number of carbonyl (C=O) groups is 11. The van der Waals surface area contributed by atoms with Crippen molar-refractivity contribution < 1.29 is 96.9 Å². The second-order valence-corrected chi connectivity index (χ2v) is 34.7. The van der Waals surface area contributed by atoms with E-state index < -0.39 is 102 Å². The number of aryl methyl sites for hydroxylation is 5. The highest BCUT2D eigenvalue weighted by Gasteiger charge is 2.26. The van der Waals surface area contributed by atoms with Crippen LogP contribution >= 0.6 is 98.1 Å². The summed E-state index contributed by atoms with van der Waals surface area (Å²) in [5.74, 6) is -1.94. The van der Waals surface area contributed by atoms with Gasteiger partial charge in [0.05, 0.1) is 23.7 Å². The number of aliphatic carboxylic acids is 4. The highest BCUT2D eigenvalue weighted by molar-refractivity contribution is 8.77. The zero-order valence-corrected chi connectivity index (χ0v) is 68.4. The molecule has 12 N–H and O–H groups in total. The molecule has 0 saturated heterocycles. The Balaban J connectivity index is 0.000000666. The minimum Gasteiger partial charge on any atom is -0.481 e. The molecule has 0 aliphatic rings. The minimum atomic E-state index is -0.861.